The molecule has 0 bridgehead atoms. The predicted molar refractivity (Wildman–Crippen MR) is 59.2 cm³/mol. The van der Waals surface area contributed by atoms with Crippen molar-refractivity contribution in [1.82, 2.24) is 5.32 Å². The minimum atomic E-state index is 0.574. The van der Waals surface area contributed by atoms with E-state index < -0.39 is 0 Å². The highest BCUT2D eigenvalue weighted by atomic mass is 14.9. The van der Waals surface area contributed by atoms with Crippen LogP contribution in [-0.2, 0) is 19.3 Å². The summed E-state index contributed by atoms with van der Waals surface area (Å²) in [5, 5.41) is 3.14. The van der Waals surface area contributed by atoms with Gasteiger partial charge in [0.2, 0.25) is 0 Å². The Labute approximate surface area is 85.5 Å². The van der Waals surface area contributed by atoms with Gasteiger partial charge in [-0.25, -0.2) is 0 Å². The van der Waals surface area contributed by atoms with E-state index in [-0.39, 0.29) is 0 Å². The molecule has 0 aromatic heterocycles. The van der Waals surface area contributed by atoms with E-state index in [4.69, 9.17) is 5.73 Å². The molecule has 2 nitrogen and oxygen atoms in total. The van der Waals surface area contributed by atoms with E-state index in [1.165, 1.54) is 24.8 Å². The van der Waals surface area contributed by atoms with Crippen molar-refractivity contribution in [3.8, 4) is 0 Å². The Morgan fingerprint density at radius 3 is 2.93 bits per heavy atom. The van der Waals surface area contributed by atoms with Crippen LogP contribution in [0.2, 0.25) is 0 Å². The van der Waals surface area contributed by atoms with Crippen molar-refractivity contribution in [2.24, 2.45) is 5.73 Å². The summed E-state index contributed by atoms with van der Waals surface area (Å²) in [5.41, 5.74) is 9.93. The topological polar surface area (TPSA) is 38.0 Å². The highest BCUT2D eigenvalue weighted by Gasteiger charge is 2.10. The van der Waals surface area contributed by atoms with Crippen LogP contribution in [0.25, 0.3) is 0 Å². The summed E-state index contributed by atoms with van der Waals surface area (Å²) in [6, 6.07) is 6.91. The summed E-state index contributed by atoms with van der Waals surface area (Å²) >= 11 is 0. The van der Waals surface area contributed by atoms with Gasteiger partial charge in [-0.2, -0.15) is 0 Å². The maximum atomic E-state index is 5.37. The standard InChI is InChI=1S/C12H18N2/c13-9-14-7-6-10-4-5-11-2-1-3-12(11)8-10/h4-5,8,14H,1-3,6-7,9,13H2. The Bertz CT molecular complexity index is 307. The van der Waals surface area contributed by atoms with Crippen LogP contribution in [0.3, 0.4) is 0 Å². The van der Waals surface area contributed by atoms with Gasteiger partial charge in [0.1, 0.15) is 0 Å². The van der Waals surface area contributed by atoms with Crippen molar-refractivity contribution in [3.05, 3.63) is 34.9 Å². The quantitative estimate of drug-likeness (QED) is 0.553. The number of nitrogens with two attached hydrogens (primary N) is 1. The van der Waals surface area contributed by atoms with E-state index in [9.17, 15) is 0 Å². The summed E-state index contributed by atoms with van der Waals surface area (Å²) in [6.45, 7) is 1.56. The third-order valence-corrected chi connectivity index (χ3v) is 2.90. The van der Waals surface area contributed by atoms with E-state index in [2.05, 4.69) is 23.5 Å². The fraction of sp³-hybridized carbons (Fsp3) is 0.500. The first kappa shape index (κ1) is 9.69. The fourth-order valence-corrected chi connectivity index (χ4v) is 2.12. The van der Waals surface area contributed by atoms with Crippen molar-refractivity contribution in [1.29, 1.82) is 0 Å². The molecule has 0 saturated heterocycles. The molecule has 3 N–H and O–H groups in total. The van der Waals surface area contributed by atoms with Crippen LogP contribution >= 0.6 is 0 Å². The van der Waals surface area contributed by atoms with Crippen LogP contribution in [0, 0.1) is 0 Å². The van der Waals surface area contributed by atoms with E-state index in [1.54, 1.807) is 11.1 Å². The molecule has 76 valence electrons. The molecule has 1 aliphatic carbocycles. The minimum absolute atomic E-state index is 0.574. The molecule has 0 radical (unpaired) electrons. The van der Waals surface area contributed by atoms with Gasteiger partial charge < -0.3 is 11.1 Å². The van der Waals surface area contributed by atoms with Crippen LogP contribution in [-0.4, -0.2) is 13.2 Å². The molecule has 0 saturated carbocycles. The van der Waals surface area contributed by atoms with Crippen LogP contribution in [0.5, 0.6) is 0 Å². The third kappa shape index (κ3) is 2.14. The average Bonchev–Trinajstić information content (AvgIpc) is 2.65. The molecule has 0 heterocycles. The van der Waals surface area contributed by atoms with E-state index in [0.29, 0.717) is 6.67 Å². The predicted octanol–water partition coefficient (Wildman–Crippen LogP) is 1.22. The van der Waals surface area contributed by atoms with Crippen molar-refractivity contribution < 1.29 is 0 Å². The molecule has 1 aromatic rings. The molecule has 0 aliphatic heterocycles. The zero-order valence-electron chi connectivity index (χ0n) is 8.55. The van der Waals surface area contributed by atoms with E-state index >= 15 is 0 Å². The summed E-state index contributed by atoms with van der Waals surface area (Å²) < 4.78 is 0. The largest absolute Gasteiger partial charge is 0.318 e. The van der Waals surface area contributed by atoms with E-state index in [0.717, 1.165) is 13.0 Å². The monoisotopic (exact) mass is 190 g/mol. The van der Waals surface area contributed by atoms with Crippen LogP contribution in [0.15, 0.2) is 18.2 Å². The molecule has 0 unspecified atom stereocenters. The van der Waals surface area contributed by atoms with Gasteiger partial charge in [0.15, 0.2) is 0 Å². The summed E-state index contributed by atoms with van der Waals surface area (Å²) in [5.74, 6) is 0. The van der Waals surface area contributed by atoms with E-state index in [1.807, 2.05) is 0 Å². The molecule has 2 heteroatoms. The minimum Gasteiger partial charge on any atom is -0.318 e. The molecule has 2 rings (SSSR count). The highest BCUT2D eigenvalue weighted by molar-refractivity contribution is 5.35. The van der Waals surface area contributed by atoms with Gasteiger partial charge in [0.05, 0.1) is 0 Å². The van der Waals surface area contributed by atoms with Gasteiger partial charge in [-0.3, -0.25) is 0 Å². The number of benzene rings is 1. The number of nitrogens with one attached hydrogen (secondary N) is 1. The van der Waals surface area contributed by atoms with Gasteiger partial charge in [-0.1, -0.05) is 18.2 Å². The molecule has 14 heavy (non-hydrogen) atoms. The maximum Gasteiger partial charge on any atom is 0.0428 e. The first-order valence-corrected chi connectivity index (χ1v) is 5.41. The zero-order chi connectivity index (χ0) is 9.80. The summed E-state index contributed by atoms with van der Waals surface area (Å²) in [6.07, 6.45) is 4.97. The smallest absolute Gasteiger partial charge is 0.0428 e. The lowest BCUT2D eigenvalue weighted by Crippen LogP contribution is -2.24. The van der Waals surface area contributed by atoms with Crippen molar-refractivity contribution in [3.63, 3.8) is 0 Å². The lowest BCUT2D eigenvalue weighted by atomic mass is 10.0. The Morgan fingerprint density at radius 1 is 1.21 bits per heavy atom. The average molecular weight is 190 g/mol. The second-order valence-corrected chi connectivity index (χ2v) is 3.91. The molecular formula is C12H18N2. The van der Waals surface area contributed by atoms with Crippen LogP contribution in [0.1, 0.15) is 23.1 Å². The Kier molecular flexibility index (Phi) is 3.17. The van der Waals surface area contributed by atoms with Crippen LogP contribution in [0.4, 0.5) is 0 Å². The first-order valence-electron chi connectivity index (χ1n) is 5.41. The fourth-order valence-electron chi connectivity index (χ4n) is 2.12. The van der Waals surface area contributed by atoms with Crippen molar-refractivity contribution in [2.75, 3.05) is 13.2 Å². The van der Waals surface area contributed by atoms with Gasteiger partial charge in [0.25, 0.3) is 0 Å². The SMILES string of the molecule is NCNCCc1ccc2c(c1)CCC2. The second-order valence-electron chi connectivity index (χ2n) is 3.91. The molecule has 0 spiro atoms. The number of aryl methyl sites for hydroxylation is 2. The van der Waals surface area contributed by atoms with Gasteiger partial charge >= 0.3 is 0 Å². The summed E-state index contributed by atoms with van der Waals surface area (Å²) in [7, 11) is 0. The molecular weight excluding hydrogens is 172 g/mol. The Balaban J connectivity index is 1.98. The Morgan fingerprint density at radius 2 is 2.07 bits per heavy atom. The number of hydrogen-bond acceptors (Lipinski definition) is 2. The van der Waals surface area contributed by atoms with Gasteiger partial charge in [-0.05, 0) is 42.4 Å². The maximum absolute atomic E-state index is 5.37. The third-order valence-electron chi connectivity index (χ3n) is 2.90. The normalized spacial score (nSPS) is 14.4. The van der Waals surface area contributed by atoms with Crippen LogP contribution < -0.4 is 11.1 Å². The molecule has 0 fully saturated rings. The lowest BCUT2D eigenvalue weighted by Gasteiger charge is -2.05. The zero-order valence-corrected chi connectivity index (χ0v) is 8.55. The van der Waals surface area contributed by atoms with Gasteiger partial charge in [0, 0.05) is 13.2 Å². The number of rotatable bonds is 4. The van der Waals surface area contributed by atoms with Gasteiger partial charge in [-0.15, -0.1) is 0 Å². The van der Waals surface area contributed by atoms with Crippen molar-refractivity contribution >= 4 is 0 Å². The first-order chi connectivity index (χ1) is 6.90. The Hall–Kier alpha value is -0.860. The van der Waals surface area contributed by atoms with Crippen molar-refractivity contribution in [2.45, 2.75) is 25.7 Å². The molecule has 0 atom stereocenters. The lowest BCUT2D eigenvalue weighted by molar-refractivity contribution is 0.701. The summed E-state index contributed by atoms with van der Waals surface area (Å²) in [4.78, 5) is 0. The molecule has 1 aliphatic rings. The molecule has 0 amide bonds. The number of hydrogen-bond donors (Lipinski definition) is 2. The molecule has 1 aromatic carbocycles. The second kappa shape index (κ2) is 4.58. The number of fused-ring (bicyclic) bond motifs is 1. The highest BCUT2D eigenvalue weighted by Crippen LogP contribution is 2.22.